The van der Waals surface area contributed by atoms with Crippen LogP contribution in [0.25, 0.3) is 0 Å². The zero-order chi connectivity index (χ0) is 13.7. The van der Waals surface area contributed by atoms with Crippen LogP contribution in [0.2, 0.25) is 0 Å². The van der Waals surface area contributed by atoms with Gasteiger partial charge in [-0.05, 0) is 29.2 Å². The Morgan fingerprint density at radius 1 is 1.25 bits per heavy atom. The summed E-state index contributed by atoms with van der Waals surface area (Å²) in [5, 5.41) is 3.89. The molecular weight excluding hydrogens is 256 g/mol. The zero-order valence-corrected chi connectivity index (χ0v) is 11.5. The van der Waals surface area contributed by atoms with Gasteiger partial charge in [0.15, 0.2) is 5.76 Å². The van der Waals surface area contributed by atoms with Crippen LogP contribution in [0.15, 0.2) is 52.2 Å². The summed E-state index contributed by atoms with van der Waals surface area (Å²) in [5.41, 5.74) is 4.62. The van der Waals surface area contributed by atoms with Gasteiger partial charge in [0.05, 0.1) is 12.5 Å². The van der Waals surface area contributed by atoms with E-state index in [9.17, 15) is 4.79 Å². The fourth-order valence-corrected chi connectivity index (χ4v) is 1.60. The summed E-state index contributed by atoms with van der Waals surface area (Å²) < 4.78 is 4.95. The van der Waals surface area contributed by atoms with E-state index in [1.807, 2.05) is 12.1 Å². The van der Waals surface area contributed by atoms with Gasteiger partial charge in [-0.1, -0.05) is 38.1 Å². The minimum Gasteiger partial charge on any atom is -0.459 e. The number of amides is 1. The van der Waals surface area contributed by atoms with Gasteiger partial charge >= 0.3 is 5.91 Å². The fourth-order valence-electron chi connectivity index (χ4n) is 1.60. The van der Waals surface area contributed by atoms with Gasteiger partial charge in [-0.3, -0.25) is 4.79 Å². The van der Waals surface area contributed by atoms with Gasteiger partial charge in [0.1, 0.15) is 0 Å². The highest BCUT2D eigenvalue weighted by Crippen LogP contribution is 2.13. The van der Waals surface area contributed by atoms with Crippen LogP contribution < -0.4 is 5.43 Å². The second-order valence-electron chi connectivity index (χ2n) is 4.50. The Labute approximate surface area is 117 Å². The molecule has 0 atom stereocenters. The summed E-state index contributed by atoms with van der Waals surface area (Å²) in [5.74, 6) is 0.386. The van der Waals surface area contributed by atoms with Crippen LogP contribution in [0.1, 0.15) is 41.4 Å². The number of furan rings is 1. The predicted octanol–water partition coefficient (Wildman–Crippen LogP) is 2.34. The Morgan fingerprint density at radius 2 is 1.95 bits per heavy atom. The third-order valence-electron chi connectivity index (χ3n) is 2.73. The number of hydrazone groups is 1. The average molecular weight is 274 g/mol. The lowest BCUT2D eigenvalue weighted by molar-refractivity contribution is 0.0927. The van der Waals surface area contributed by atoms with E-state index in [1.165, 1.54) is 11.8 Å². The zero-order valence-electron chi connectivity index (χ0n) is 11.5. The number of benzene rings is 1. The average Bonchev–Trinajstić information content (AvgIpc) is 2.93. The minimum atomic E-state index is -0.361. The van der Waals surface area contributed by atoms with Gasteiger partial charge in [-0.2, -0.15) is 5.10 Å². The molecule has 0 unspecified atom stereocenters. The molecule has 0 saturated heterocycles. The summed E-state index contributed by atoms with van der Waals surface area (Å²) in [6.45, 7) is 4.29. The molecule has 0 aliphatic rings. The SMILES string of the molecule is CC(C)c1ccc(/C=N/NC(=O)c2ccco2)cc1.O. The second-order valence-corrected chi connectivity index (χ2v) is 4.50. The van der Waals surface area contributed by atoms with E-state index in [2.05, 4.69) is 36.5 Å². The first-order valence-corrected chi connectivity index (χ1v) is 6.13. The molecule has 1 aromatic carbocycles. The fraction of sp³-hybridized carbons (Fsp3) is 0.200. The van der Waals surface area contributed by atoms with Crippen molar-refractivity contribution in [1.29, 1.82) is 0 Å². The van der Waals surface area contributed by atoms with Gasteiger partial charge in [-0.25, -0.2) is 5.43 Å². The van der Waals surface area contributed by atoms with Gasteiger partial charge < -0.3 is 9.89 Å². The highest BCUT2D eigenvalue weighted by Gasteiger charge is 2.05. The molecule has 0 bridgehead atoms. The maximum absolute atomic E-state index is 11.5. The Morgan fingerprint density at radius 3 is 2.50 bits per heavy atom. The first kappa shape index (κ1) is 15.7. The van der Waals surface area contributed by atoms with Gasteiger partial charge in [0.2, 0.25) is 0 Å². The highest BCUT2D eigenvalue weighted by atomic mass is 16.3. The van der Waals surface area contributed by atoms with E-state index in [0.29, 0.717) is 5.92 Å². The molecule has 5 nitrogen and oxygen atoms in total. The van der Waals surface area contributed by atoms with Gasteiger partial charge in [-0.15, -0.1) is 0 Å². The van der Waals surface area contributed by atoms with Crippen LogP contribution >= 0.6 is 0 Å². The van der Waals surface area contributed by atoms with E-state index >= 15 is 0 Å². The molecule has 3 N–H and O–H groups in total. The van der Waals surface area contributed by atoms with E-state index in [-0.39, 0.29) is 17.1 Å². The Balaban J connectivity index is 0.00000200. The van der Waals surface area contributed by atoms with Crippen molar-refractivity contribution in [2.75, 3.05) is 0 Å². The van der Waals surface area contributed by atoms with Crippen molar-refractivity contribution >= 4 is 12.1 Å². The summed E-state index contributed by atoms with van der Waals surface area (Å²) in [7, 11) is 0. The molecular formula is C15H18N2O3. The monoisotopic (exact) mass is 274 g/mol. The minimum absolute atomic E-state index is 0. The molecule has 2 aromatic rings. The summed E-state index contributed by atoms with van der Waals surface area (Å²) in [4.78, 5) is 11.5. The Hall–Kier alpha value is -2.40. The molecule has 0 spiro atoms. The number of rotatable bonds is 4. The van der Waals surface area contributed by atoms with Crippen LogP contribution in [0.3, 0.4) is 0 Å². The quantitative estimate of drug-likeness (QED) is 0.685. The smallest absolute Gasteiger partial charge is 0.307 e. The third kappa shape index (κ3) is 4.07. The largest absolute Gasteiger partial charge is 0.459 e. The van der Waals surface area contributed by atoms with E-state index < -0.39 is 0 Å². The predicted molar refractivity (Wildman–Crippen MR) is 77.9 cm³/mol. The van der Waals surface area contributed by atoms with Gasteiger partial charge in [0.25, 0.3) is 0 Å². The van der Waals surface area contributed by atoms with E-state index in [1.54, 1.807) is 18.3 Å². The summed E-state index contributed by atoms with van der Waals surface area (Å²) >= 11 is 0. The van der Waals surface area contributed by atoms with Gasteiger partial charge in [0, 0.05) is 0 Å². The first-order valence-electron chi connectivity index (χ1n) is 6.13. The van der Waals surface area contributed by atoms with E-state index in [4.69, 9.17) is 4.42 Å². The lowest BCUT2D eigenvalue weighted by Crippen LogP contribution is -2.16. The topological polar surface area (TPSA) is 86.1 Å². The van der Waals surface area contributed by atoms with E-state index in [0.717, 1.165) is 5.56 Å². The molecule has 1 amide bonds. The van der Waals surface area contributed by atoms with Crippen molar-refractivity contribution in [3.05, 3.63) is 59.5 Å². The second kappa shape index (κ2) is 7.25. The molecule has 0 radical (unpaired) electrons. The standard InChI is InChI=1S/C15H16N2O2.H2O/c1-11(2)13-7-5-12(6-8-13)10-16-17-15(18)14-4-3-9-19-14;/h3-11H,1-2H3,(H,17,18);1H2/b16-10+;. The maximum Gasteiger partial charge on any atom is 0.307 e. The molecule has 20 heavy (non-hydrogen) atoms. The summed E-state index contributed by atoms with van der Waals surface area (Å²) in [6, 6.07) is 11.3. The van der Waals surface area contributed by atoms with Crippen LogP contribution in [-0.2, 0) is 0 Å². The Bertz CT molecular complexity index is 557. The van der Waals surface area contributed by atoms with Crippen LogP contribution in [0, 0.1) is 0 Å². The molecule has 106 valence electrons. The molecule has 2 rings (SSSR count). The van der Waals surface area contributed by atoms with Crippen molar-refractivity contribution in [3.63, 3.8) is 0 Å². The maximum atomic E-state index is 11.5. The number of nitrogens with one attached hydrogen (secondary N) is 1. The number of carbonyl (C=O) groups excluding carboxylic acids is 1. The van der Waals surface area contributed by atoms with Crippen molar-refractivity contribution in [2.45, 2.75) is 19.8 Å². The molecule has 1 heterocycles. The van der Waals surface area contributed by atoms with Crippen LogP contribution in [0.4, 0.5) is 0 Å². The van der Waals surface area contributed by atoms with Crippen molar-refractivity contribution in [1.82, 2.24) is 5.43 Å². The number of nitrogens with zero attached hydrogens (tertiary/aromatic N) is 1. The number of carbonyl (C=O) groups is 1. The molecule has 0 fully saturated rings. The first-order chi connectivity index (χ1) is 9.16. The number of hydrogen-bond acceptors (Lipinski definition) is 3. The Kier molecular flexibility index (Phi) is 5.68. The molecule has 0 aliphatic carbocycles. The van der Waals surface area contributed by atoms with Crippen molar-refractivity contribution in [2.24, 2.45) is 5.10 Å². The summed E-state index contributed by atoms with van der Waals surface area (Å²) in [6.07, 6.45) is 3.05. The molecule has 0 aliphatic heterocycles. The third-order valence-corrected chi connectivity index (χ3v) is 2.73. The normalized spacial score (nSPS) is 10.6. The molecule has 1 aromatic heterocycles. The molecule has 0 saturated carbocycles. The van der Waals surface area contributed by atoms with Crippen molar-refractivity contribution < 1.29 is 14.7 Å². The highest BCUT2D eigenvalue weighted by molar-refractivity contribution is 5.92. The number of hydrogen-bond donors (Lipinski definition) is 1. The van der Waals surface area contributed by atoms with Crippen LogP contribution in [-0.4, -0.2) is 17.6 Å². The van der Waals surface area contributed by atoms with Crippen LogP contribution in [0.5, 0.6) is 0 Å². The molecule has 5 heteroatoms. The lowest BCUT2D eigenvalue weighted by Gasteiger charge is -2.04. The van der Waals surface area contributed by atoms with Crippen molar-refractivity contribution in [3.8, 4) is 0 Å². The lowest BCUT2D eigenvalue weighted by atomic mass is 10.0.